The number of amides is 1. The van der Waals surface area contributed by atoms with E-state index in [1.165, 1.54) is 4.68 Å². The highest BCUT2D eigenvalue weighted by molar-refractivity contribution is 7.91. The lowest BCUT2D eigenvalue weighted by Crippen LogP contribution is -2.42. The van der Waals surface area contributed by atoms with Crippen molar-refractivity contribution in [2.24, 2.45) is 0 Å². The third kappa shape index (κ3) is 3.75. The van der Waals surface area contributed by atoms with Gasteiger partial charge in [0.2, 0.25) is 0 Å². The second-order valence-corrected chi connectivity index (χ2v) is 9.73. The number of sulfone groups is 1. The zero-order valence-electron chi connectivity index (χ0n) is 16.7. The summed E-state index contributed by atoms with van der Waals surface area (Å²) in [6, 6.07) is 15.5. The van der Waals surface area contributed by atoms with Gasteiger partial charge in [0.05, 0.1) is 22.6 Å². The first-order valence-electron chi connectivity index (χ1n) is 10.00. The highest BCUT2D eigenvalue weighted by atomic mass is 32.2. The van der Waals surface area contributed by atoms with Crippen molar-refractivity contribution in [2.45, 2.75) is 25.8 Å². The van der Waals surface area contributed by atoms with Crippen LogP contribution in [0.15, 0.2) is 59.4 Å². The van der Waals surface area contributed by atoms with E-state index in [9.17, 15) is 18.0 Å². The fourth-order valence-electron chi connectivity index (χ4n) is 3.94. The normalized spacial score (nSPS) is 17.8. The minimum Gasteiger partial charge on any atom is -0.333 e. The van der Waals surface area contributed by atoms with Crippen LogP contribution in [0.5, 0.6) is 0 Å². The van der Waals surface area contributed by atoms with Gasteiger partial charge in [-0.25, -0.2) is 8.42 Å². The monoisotopic (exact) mass is 425 g/mol. The summed E-state index contributed by atoms with van der Waals surface area (Å²) in [4.78, 5) is 28.2. The van der Waals surface area contributed by atoms with Crippen LogP contribution in [0.1, 0.15) is 30.3 Å². The van der Waals surface area contributed by atoms with Gasteiger partial charge in [-0.3, -0.25) is 9.59 Å². The molecule has 0 saturated carbocycles. The number of hydrogen-bond donors (Lipinski definition) is 0. The van der Waals surface area contributed by atoms with Crippen LogP contribution in [0.25, 0.3) is 16.5 Å². The van der Waals surface area contributed by atoms with Gasteiger partial charge < -0.3 is 4.90 Å². The molecular weight excluding hydrogens is 402 g/mol. The van der Waals surface area contributed by atoms with Crippen LogP contribution in [0.2, 0.25) is 0 Å². The molecule has 0 radical (unpaired) electrons. The van der Waals surface area contributed by atoms with Crippen molar-refractivity contribution in [3.63, 3.8) is 0 Å². The molecule has 1 aromatic heterocycles. The molecule has 1 amide bonds. The summed E-state index contributed by atoms with van der Waals surface area (Å²) in [5.41, 5.74) is 0.415. The van der Waals surface area contributed by atoms with Crippen LogP contribution in [0.3, 0.4) is 0 Å². The Labute approximate surface area is 174 Å². The zero-order chi connectivity index (χ0) is 21.3. The third-order valence-electron chi connectivity index (χ3n) is 5.38. The van der Waals surface area contributed by atoms with Gasteiger partial charge in [0.25, 0.3) is 11.5 Å². The van der Waals surface area contributed by atoms with Crippen LogP contribution in [-0.4, -0.2) is 53.1 Å². The number of fused-ring (bicyclic) bond motifs is 1. The van der Waals surface area contributed by atoms with E-state index in [-0.39, 0.29) is 34.7 Å². The van der Waals surface area contributed by atoms with E-state index in [0.717, 1.165) is 0 Å². The maximum atomic E-state index is 13.6. The molecule has 2 aromatic carbocycles. The first kappa shape index (κ1) is 20.3. The van der Waals surface area contributed by atoms with Gasteiger partial charge in [-0.15, -0.1) is 0 Å². The van der Waals surface area contributed by atoms with Crippen molar-refractivity contribution in [2.75, 3.05) is 18.1 Å². The first-order chi connectivity index (χ1) is 14.4. The SMILES string of the molecule is CCCN(C(=O)c1nn(-c2ccccc2)c(=O)c2ccccc12)C1CCS(=O)(=O)C1. The number of carbonyl (C=O) groups excluding carboxylic acids is 1. The summed E-state index contributed by atoms with van der Waals surface area (Å²) >= 11 is 0. The van der Waals surface area contributed by atoms with E-state index in [4.69, 9.17) is 0 Å². The van der Waals surface area contributed by atoms with Gasteiger partial charge in [-0.2, -0.15) is 9.78 Å². The number of rotatable bonds is 5. The Morgan fingerprint density at radius 2 is 1.77 bits per heavy atom. The van der Waals surface area contributed by atoms with Gasteiger partial charge in [0.15, 0.2) is 15.5 Å². The molecule has 2 heterocycles. The lowest BCUT2D eigenvalue weighted by molar-refractivity contribution is 0.0691. The highest BCUT2D eigenvalue weighted by Gasteiger charge is 2.35. The van der Waals surface area contributed by atoms with Crippen LogP contribution >= 0.6 is 0 Å². The number of nitrogens with zero attached hydrogens (tertiary/aromatic N) is 3. The number of hydrogen-bond acceptors (Lipinski definition) is 5. The summed E-state index contributed by atoms with van der Waals surface area (Å²) in [6.45, 7) is 2.37. The molecule has 8 heteroatoms. The predicted molar refractivity (Wildman–Crippen MR) is 116 cm³/mol. The third-order valence-corrected chi connectivity index (χ3v) is 7.13. The van der Waals surface area contributed by atoms with E-state index in [1.54, 1.807) is 53.4 Å². The van der Waals surface area contributed by atoms with E-state index in [0.29, 0.717) is 35.8 Å². The van der Waals surface area contributed by atoms with E-state index in [2.05, 4.69) is 5.10 Å². The fraction of sp³-hybridized carbons (Fsp3) is 0.318. The van der Waals surface area contributed by atoms with Crippen molar-refractivity contribution in [1.29, 1.82) is 0 Å². The van der Waals surface area contributed by atoms with Crippen molar-refractivity contribution in [1.82, 2.24) is 14.7 Å². The summed E-state index contributed by atoms with van der Waals surface area (Å²) < 4.78 is 25.3. The maximum Gasteiger partial charge on any atom is 0.279 e. The second kappa shape index (κ2) is 8.02. The number of aromatic nitrogens is 2. The Morgan fingerprint density at radius 1 is 1.10 bits per heavy atom. The molecule has 0 spiro atoms. The predicted octanol–water partition coefficient (Wildman–Crippen LogP) is 2.43. The standard InChI is InChI=1S/C22H23N3O4S/c1-2-13-24(17-12-14-30(28,29)15-17)22(27)20-18-10-6-7-11-19(18)21(26)25(23-20)16-8-4-3-5-9-16/h3-11,17H,2,12-15H2,1H3. The van der Waals surface area contributed by atoms with Crippen molar-refractivity contribution in [3.05, 3.63) is 70.6 Å². The summed E-state index contributed by atoms with van der Waals surface area (Å²) in [7, 11) is -3.14. The van der Waals surface area contributed by atoms with Crippen LogP contribution < -0.4 is 5.56 Å². The number of benzene rings is 2. The molecule has 0 N–H and O–H groups in total. The quantitative estimate of drug-likeness (QED) is 0.626. The lowest BCUT2D eigenvalue weighted by atomic mass is 10.1. The average molecular weight is 426 g/mol. The maximum absolute atomic E-state index is 13.6. The van der Waals surface area contributed by atoms with Gasteiger partial charge in [0, 0.05) is 18.0 Å². The largest absolute Gasteiger partial charge is 0.333 e. The first-order valence-corrected chi connectivity index (χ1v) is 11.8. The Hall–Kier alpha value is -3.00. The molecule has 1 unspecified atom stereocenters. The summed E-state index contributed by atoms with van der Waals surface area (Å²) in [6.07, 6.45) is 1.11. The minimum atomic E-state index is -3.14. The second-order valence-electron chi connectivity index (χ2n) is 7.50. The molecule has 30 heavy (non-hydrogen) atoms. The van der Waals surface area contributed by atoms with Gasteiger partial charge >= 0.3 is 0 Å². The zero-order valence-corrected chi connectivity index (χ0v) is 17.5. The molecule has 1 aliphatic heterocycles. The summed E-state index contributed by atoms with van der Waals surface area (Å²) in [5.74, 6) is -0.294. The molecule has 0 bridgehead atoms. The molecule has 1 atom stereocenters. The smallest absolute Gasteiger partial charge is 0.279 e. The molecule has 3 aromatic rings. The fourth-order valence-corrected chi connectivity index (χ4v) is 5.67. The Morgan fingerprint density at radius 3 is 2.40 bits per heavy atom. The van der Waals surface area contributed by atoms with Crippen molar-refractivity contribution < 1.29 is 13.2 Å². The molecule has 0 aliphatic carbocycles. The molecule has 1 saturated heterocycles. The van der Waals surface area contributed by atoms with Crippen LogP contribution in [0, 0.1) is 0 Å². The Balaban J connectivity index is 1.87. The van der Waals surface area contributed by atoms with Gasteiger partial charge in [-0.05, 0) is 31.0 Å². The van der Waals surface area contributed by atoms with Crippen molar-refractivity contribution in [3.8, 4) is 5.69 Å². The number of carbonyl (C=O) groups is 1. The topological polar surface area (TPSA) is 89.3 Å². The van der Waals surface area contributed by atoms with E-state index in [1.807, 2.05) is 13.0 Å². The minimum absolute atomic E-state index is 0.0327. The average Bonchev–Trinajstić information content (AvgIpc) is 3.12. The molecule has 1 fully saturated rings. The van der Waals surface area contributed by atoms with Crippen molar-refractivity contribution >= 4 is 26.5 Å². The highest BCUT2D eigenvalue weighted by Crippen LogP contribution is 2.23. The van der Waals surface area contributed by atoms with Crippen LogP contribution in [-0.2, 0) is 9.84 Å². The van der Waals surface area contributed by atoms with Gasteiger partial charge in [-0.1, -0.05) is 43.3 Å². The van der Waals surface area contributed by atoms with Gasteiger partial charge in [0.1, 0.15) is 0 Å². The van der Waals surface area contributed by atoms with Crippen LogP contribution in [0.4, 0.5) is 0 Å². The molecule has 1 aliphatic rings. The lowest BCUT2D eigenvalue weighted by Gasteiger charge is -2.28. The molecule has 7 nitrogen and oxygen atoms in total. The molecule has 4 rings (SSSR count). The molecule has 156 valence electrons. The molecular formula is C22H23N3O4S. The van der Waals surface area contributed by atoms with E-state index >= 15 is 0 Å². The Bertz CT molecular complexity index is 1250. The number of para-hydroxylation sites is 1. The summed E-state index contributed by atoms with van der Waals surface area (Å²) in [5, 5.41) is 5.32. The van der Waals surface area contributed by atoms with E-state index < -0.39 is 9.84 Å². The Kier molecular flexibility index (Phi) is 5.42.